The van der Waals surface area contributed by atoms with Crippen molar-refractivity contribution < 1.29 is 24.3 Å². The Morgan fingerprint density at radius 1 is 0.825 bits per heavy atom. The summed E-state index contributed by atoms with van der Waals surface area (Å²) in [6, 6.07) is 23.4. The molecule has 1 atom stereocenters. The highest BCUT2D eigenvalue weighted by Gasteiger charge is 2.17. The van der Waals surface area contributed by atoms with Crippen LogP contribution >= 0.6 is 23.1 Å². The SMILES string of the molecule is CC(Sc1ccc(NC(=O)/C(=C/c2ccsc2)NC(=O)c2ccccc2)cc1)C(=O)Nc1ccc(C(=O)O)cc1. The van der Waals surface area contributed by atoms with Crippen molar-refractivity contribution in [2.45, 2.75) is 17.1 Å². The zero-order valence-electron chi connectivity index (χ0n) is 21.3. The van der Waals surface area contributed by atoms with Crippen LogP contribution in [-0.2, 0) is 9.59 Å². The maximum Gasteiger partial charge on any atom is 0.335 e. The quantitative estimate of drug-likeness (QED) is 0.137. The number of hydrogen-bond acceptors (Lipinski definition) is 6. The Hall–Kier alpha value is -4.67. The third kappa shape index (κ3) is 7.92. The zero-order valence-corrected chi connectivity index (χ0v) is 22.9. The highest BCUT2D eigenvalue weighted by atomic mass is 32.2. The second-order valence-electron chi connectivity index (χ2n) is 8.55. The molecule has 0 saturated heterocycles. The summed E-state index contributed by atoms with van der Waals surface area (Å²) in [6.07, 6.45) is 1.62. The first kappa shape index (κ1) is 28.3. The lowest BCUT2D eigenvalue weighted by Crippen LogP contribution is -2.30. The summed E-state index contributed by atoms with van der Waals surface area (Å²) in [5.41, 5.74) is 2.50. The van der Waals surface area contributed by atoms with Crippen molar-refractivity contribution in [2.24, 2.45) is 0 Å². The van der Waals surface area contributed by atoms with E-state index in [-0.39, 0.29) is 17.2 Å². The van der Waals surface area contributed by atoms with Crippen molar-refractivity contribution in [3.05, 3.63) is 118 Å². The number of carbonyl (C=O) groups is 4. The van der Waals surface area contributed by atoms with Crippen LogP contribution in [-0.4, -0.2) is 34.0 Å². The van der Waals surface area contributed by atoms with Gasteiger partial charge in [0.15, 0.2) is 0 Å². The third-order valence-corrected chi connectivity index (χ3v) is 7.39. The van der Waals surface area contributed by atoms with E-state index in [2.05, 4.69) is 16.0 Å². The molecule has 4 rings (SSSR count). The van der Waals surface area contributed by atoms with Gasteiger partial charge in [0.25, 0.3) is 11.8 Å². The van der Waals surface area contributed by atoms with Crippen molar-refractivity contribution in [1.29, 1.82) is 0 Å². The van der Waals surface area contributed by atoms with E-state index in [9.17, 15) is 19.2 Å². The van der Waals surface area contributed by atoms with Gasteiger partial charge >= 0.3 is 5.97 Å². The highest BCUT2D eigenvalue weighted by molar-refractivity contribution is 8.00. The maximum absolute atomic E-state index is 13.1. The number of anilines is 2. The molecule has 0 fully saturated rings. The van der Waals surface area contributed by atoms with Crippen molar-refractivity contribution in [1.82, 2.24) is 5.32 Å². The molecule has 0 spiro atoms. The minimum Gasteiger partial charge on any atom is -0.478 e. The zero-order chi connectivity index (χ0) is 28.5. The van der Waals surface area contributed by atoms with E-state index < -0.39 is 23.0 Å². The fourth-order valence-corrected chi connectivity index (χ4v) is 4.96. The van der Waals surface area contributed by atoms with Gasteiger partial charge in [-0.2, -0.15) is 11.3 Å². The molecule has 4 N–H and O–H groups in total. The Bertz CT molecular complexity index is 1520. The summed E-state index contributed by atoms with van der Waals surface area (Å²) in [4.78, 5) is 50.2. The molecule has 1 heterocycles. The number of carboxylic acid groups (broad SMARTS) is 1. The van der Waals surface area contributed by atoms with Gasteiger partial charge in [0.2, 0.25) is 5.91 Å². The molecule has 0 aliphatic carbocycles. The predicted octanol–water partition coefficient (Wildman–Crippen LogP) is 5.98. The number of hydrogen-bond donors (Lipinski definition) is 4. The number of aromatic carboxylic acids is 1. The summed E-state index contributed by atoms with van der Waals surface area (Å²) in [5.74, 6) is -2.14. The molecule has 8 nitrogen and oxygen atoms in total. The topological polar surface area (TPSA) is 125 Å². The van der Waals surface area contributed by atoms with E-state index in [0.29, 0.717) is 16.9 Å². The molecule has 1 unspecified atom stereocenters. The van der Waals surface area contributed by atoms with Crippen LogP contribution in [0.1, 0.15) is 33.2 Å². The van der Waals surface area contributed by atoms with Crippen LogP contribution < -0.4 is 16.0 Å². The van der Waals surface area contributed by atoms with Gasteiger partial charge in [0.1, 0.15) is 5.70 Å². The maximum atomic E-state index is 13.1. The molecule has 0 aliphatic heterocycles. The Labute approximate surface area is 239 Å². The van der Waals surface area contributed by atoms with Gasteiger partial charge in [0, 0.05) is 21.8 Å². The molecule has 4 aromatic rings. The number of thioether (sulfide) groups is 1. The van der Waals surface area contributed by atoms with Gasteiger partial charge in [-0.3, -0.25) is 14.4 Å². The lowest BCUT2D eigenvalue weighted by atomic mass is 10.2. The van der Waals surface area contributed by atoms with Crippen molar-refractivity contribution in [2.75, 3.05) is 10.6 Å². The van der Waals surface area contributed by atoms with Crippen LogP contribution in [0, 0.1) is 0 Å². The van der Waals surface area contributed by atoms with E-state index >= 15 is 0 Å². The molecule has 0 radical (unpaired) electrons. The van der Waals surface area contributed by atoms with E-state index in [1.165, 1.54) is 35.2 Å². The first-order valence-corrected chi connectivity index (χ1v) is 13.9. The number of carbonyl (C=O) groups excluding carboxylic acids is 3. The molecule has 0 bridgehead atoms. The van der Waals surface area contributed by atoms with Gasteiger partial charge < -0.3 is 21.1 Å². The van der Waals surface area contributed by atoms with Gasteiger partial charge in [-0.25, -0.2) is 4.79 Å². The number of carboxylic acids is 1. The average Bonchev–Trinajstić information content (AvgIpc) is 3.47. The second-order valence-corrected chi connectivity index (χ2v) is 10.7. The third-order valence-electron chi connectivity index (χ3n) is 5.58. The fourth-order valence-electron chi connectivity index (χ4n) is 3.48. The summed E-state index contributed by atoms with van der Waals surface area (Å²) in [7, 11) is 0. The molecular weight excluding hydrogens is 546 g/mol. The molecule has 40 heavy (non-hydrogen) atoms. The number of benzene rings is 3. The lowest BCUT2D eigenvalue weighted by molar-refractivity contribution is -0.115. The van der Waals surface area contributed by atoms with Gasteiger partial charge in [-0.15, -0.1) is 11.8 Å². The Morgan fingerprint density at radius 3 is 2.10 bits per heavy atom. The standard InChI is InChI=1S/C30H25N3O5S2/c1-19(27(34)31-23-9-7-22(8-10-23)30(37)38)40-25-13-11-24(12-14-25)32-29(36)26(17-20-15-16-39-18-20)33-28(35)21-5-3-2-4-6-21/h2-19H,1H3,(H,31,34)(H,32,36)(H,33,35)(H,37,38)/b26-17-. The number of amides is 3. The monoisotopic (exact) mass is 571 g/mol. The van der Waals surface area contributed by atoms with Crippen LogP contribution in [0.5, 0.6) is 0 Å². The van der Waals surface area contributed by atoms with E-state index in [0.717, 1.165) is 10.5 Å². The predicted molar refractivity (Wildman–Crippen MR) is 159 cm³/mol. The molecule has 3 amide bonds. The molecule has 0 saturated carbocycles. The van der Waals surface area contributed by atoms with Gasteiger partial charge in [-0.05, 0) is 96.1 Å². The van der Waals surface area contributed by atoms with Crippen LogP contribution in [0.4, 0.5) is 11.4 Å². The largest absolute Gasteiger partial charge is 0.478 e. The average molecular weight is 572 g/mol. The van der Waals surface area contributed by atoms with Crippen molar-refractivity contribution in [3.63, 3.8) is 0 Å². The molecule has 10 heteroatoms. The number of thiophene rings is 1. The minimum atomic E-state index is -1.03. The number of rotatable bonds is 10. The Kier molecular flexibility index (Phi) is 9.50. The second kappa shape index (κ2) is 13.4. The van der Waals surface area contributed by atoms with Gasteiger partial charge in [0.05, 0.1) is 10.8 Å². The summed E-state index contributed by atoms with van der Waals surface area (Å²) >= 11 is 2.82. The Morgan fingerprint density at radius 2 is 1.48 bits per heavy atom. The molecular formula is C30H25N3O5S2. The van der Waals surface area contributed by atoms with Crippen LogP contribution in [0.2, 0.25) is 0 Å². The minimum absolute atomic E-state index is 0.104. The molecule has 0 aliphatic rings. The van der Waals surface area contributed by atoms with Crippen molar-refractivity contribution in [3.8, 4) is 0 Å². The first-order chi connectivity index (χ1) is 19.3. The van der Waals surface area contributed by atoms with Crippen LogP contribution in [0.25, 0.3) is 6.08 Å². The first-order valence-electron chi connectivity index (χ1n) is 12.1. The highest BCUT2D eigenvalue weighted by Crippen LogP contribution is 2.26. The number of nitrogens with one attached hydrogen (secondary N) is 3. The van der Waals surface area contributed by atoms with E-state index in [4.69, 9.17) is 5.11 Å². The van der Waals surface area contributed by atoms with Crippen LogP contribution in [0.15, 0.2) is 106 Å². The smallest absolute Gasteiger partial charge is 0.335 e. The molecule has 3 aromatic carbocycles. The van der Waals surface area contributed by atoms with Crippen LogP contribution in [0.3, 0.4) is 0 Å². The van der Waals surface area contributed by atoms with Gasteiger partial charge in [-0.1, -0.05) is 18.2 Å². The van der Waals surface area contributed by atoms with E-state index in [1.54, 1.807) is 73.7 Å². The van der Waals surface area contributed by atoms with E-state index in [1.807, 2.05) is 22.9 Å². The summed E-state index contributed by atoms with van der Waals surface area (Å²) in [5, 5.41) is 20.6. The molecule has 202 valence electrons. The lowest BCUT2D eigenvalue weighted by Gasteiger charge is -2.13. The summed E-state index contributed by atoms with van der Waals surface area (Å²) < 4.78 is 0. The normalized spacial score (nSPS) is 11.8. The molecule has 1 aromatic heterocycles. The van der Waals surface area contributed by atoms with Crippen molar-refractivity contribution >= 4 is 64.2 Å². The Balaban J connectivity index is 1.37. The fraction of sp³-hybridized carbons (Fsp3) is 0.0667. The summed E-state index contributed by atoms with van der Waals surface area (Å²) in [6.45, 7) is 1.76.